The van der Waals surface area contributed by atoms with Gasteiger partial charge in [-0.25, -0.2) is 4.58 Å². The molecule has 7 heteroatoms. The van der Waals surface area contributed by atoms with Crippen LogP contribution in [0.1, 0.15) is 50.4 Å². The van der Waals surface area contributed by atoms with Gasteiger partial charge in [-0.3, -0.25) is 0 Å². The topological polar surface area (TPSA) is 39.4 Å². The van der Waals surface area contributed by atoms with Gasteiger partial charge < -0.3 is 29.6 Å². The Morgan fingerprint density at radius 1 is 0.342 bits per heavy atom. The van der Waals surface area contributed by atoms with Crippen LogP contribution in [0.3, 0.4) is 0 Å². The summed E-state index contributed by atoms with van der Waals surface area (Å²) in [7, 11) is 24.6. The molecule has 1 N–H and O–H groups in total. The van der Waals surface area contributed by atoms with Crippen molar-refractivity contribution in [2.24, 2.45) is 0 Å². The smallest absolute Gasteiger partial charge is 0.199 e. The summed E-state index contributed by atoms with van der Waals surface area (Å²) in [6, 6.07) is 73.8. The van der Waals surface area contributed by atoms with Gasteiger partial charge in [0.15, 0.2) is 5.71 Å². The quantitative estimate of drug-likeness (QED) is 0.0917. The molecule has 0 heterocycles. The lowest BCUT2D eigenvalue weighted by molar-refractivity contribution is -0.462. The third-order valence-electron chi connectivity index (χ3n) is 13.8. The van der Waals surface area contributed by atoms with Gasteiger partial charge in [-0.2, -0.15) is 0 Å². The van der Waals surface area contributed by atoms with Gasteiger partial charge in [-0.15, -0.1) is 0 Å². The summed E-state index contributed by atoms with van der Waals surface area (Å²) in [4.78, 5) is 10.5. The number of nitrogens with zero attached hydrogens (tertiary/aromatic N) is 6. The predicted molar refractivity (Wildman–Crippen MR) is 328 cm³/mol. The van der Waals surface area contributed by atoms with Crippen molar-refractivity contribution in [2.45, 2.75) is 11.5 Å². The van der Waals surface area contributed by atoms with Gasteiger partial charge in [-0.1, -0.05) is 152 Å². The Morgan fingerprint density at radius 3 is 0.987 bits per heavy atom. The maximum Gasteiger partial charge on any atom is 0.199 e. The first-order valence-corrected chi connectivity index (χ1v) is 26.0. The van der Waals surface area contributed by atoms with Crippen LogP contribution in [0.5, 0.6) is 0 Å². The van der Waals surface area contributed by atoms with Crippen molar-refractivity contribution in [1.82, 2.24) is 0 Å². The number of allylic oxidation sites excluding steroid dienone is 5. The molecule has 76 heavy (non-hydrogen) atoms. The summed E-state index contributed by atoms with van der Waals surface area (Å²) in [6.45, 7) is 0. The minimum Gasteiger partial charge on any atom is -0.378 e. The van der Waals surface area contributed by atoms with Crippen molar-refractivity contribution in [2.75, 3.05) is 109 Å². The Balaban J connectivity index is 0.000000166. The average molecular weight is 1010 g/mol. The van der Waals surface area contributed by atoms with E-state index in [1.54, 1.807) is 0 Å². The van der Waals surface area contributed by atoms with Gasteiger partial charge >= 0.3 is 0 Å². The van der Waals surface area contributed by atoms with Crippen molar-refractivity contribution in [3.05, 3.63) is 287 Å². The van der Waals surface area contributed by atoms with E-state index < -0.39 is 5.60 Å². The fourth-order valence-electron chi connectivity index (χ4n) is 9.29. The van der Waals surface area contributed by atoms with Crippen molar-refractivity contribution in [1.29, 1.82) is 0 Å². The van der Waals surface area contributed by atoms with Crippen molar-refractivity contribution >= 4 is 39.7 Å². The monoisotopic (exact) mass is 1010 g/mol. The third-order valence-corrected chi connectivity index (χ3v) is 13.8. The molecule has 0 bridgehead atoms. The van der Waals surface area contributed by atoms with Crippen LogP contribution < -0.4 is 24.5 Å². The van der Waals surface area contributed by atoms with E-state index in [1.165, 1.54) is 61.7 Å². The highest BCUT2D eigenvalue weighted by atomic mass is 16.3. The Labute approximate surface area is 454 Å². The minimum atomic E-state index is -1.20. The molecule has 8 aromatic rings. The second kappa shape index (κ2) is 25.7. The summed E-state index contributed by atoms with van der Waals surface area (Å²) in [5.41, 5.74) is 17.3. The second-order valence-electron chi connectivity index (χ2n) is 20.4. The van der Waals surface area contributed by atoms with Crippen LogP contribution in [-0.4, -0.2) is 100.0 Å². The van der Waals surface area contributed by atoms with Gasteiger partial charge in [0.05, 0.1) is 0 Å². The number of hydrogen-bond donors (Lipinski definition) is 1. The fourth-order valence-corrected chi connectivity index (χ4v) is 9.29. The Morgan fingerprint density at radius 2 is 0.632 bits per heavy atom. The largest absolute Gasteiger partial charge is 0.378 e. The lowest BCUT2D eigenvalue weighted by atomic mass is 9.80. The van der Waals surface area contributed by atoms with Crippen LogP contribution >= 0.6 is 0 Å². The molecule has 0 saturated heterocycles. The maximum absolute atomic E-state index is 11.9. The number of anilines is 5. The van der Waals surface area contributed by atoms with Crippen LogP contribution in [0.4, 0.5) is 28.4 Å². The van der Waals surface area contributed by atoms with Gasteiger partial charge in [0.2, 0.25) is 0 Å². The molecule has 0 saturated carbocycles. The van der Waals surface area contributed by atoms with E-state index in [1.807, 2.05) is 107 Å². The Bertz CT molecular complexity index is 3070. The Kier molecular flexibility index (Phi) is 18.7. The van der Waals surface area contributed by atoms with E-state index in [-0.39, 0.29) is 5.92 Å². The highest BCUT2D eigenvalue weighted by Crippen LogP contribution is 2.39. The summed E-state index contributed by atoms with van der Waals surface area (Å²) in [5.74, 6) is 0.244. The molecular formula is C69H77N6O+. The third kappa shape index (κ3) is 13.7. The molecule has 0 aromatic heterocycles. The van der Waals surface area contributed by atoms with Gasteiger partial charge in [0.1, 0.15) is 19.7 Å². The molecule has 1 aliphatic rings. The molecule has 0 aliphatic heterocycles. The summed E-state index contributed by atoms with van der Waals surface area (Å²) in [5, 5.41) is 11.9. The van der Waals surface area contributed by atoms with E-state index in [0.29, 0.717) is 0 Å². The maximum atomic E-state index is 11.9. The van der Waals surface area contributed by atoms with E-state index in [0.717, 1.165) is 28.1 Å². The van der Waals surface area contributed by atoms with Crippen LogP contribution in [0.2, 0.25) is 0 Å². The fraction of sp³-hybridized carbons (Fsp3) is 0.203. The zero-order valence-corrected chi connectivity index (χ0v) is 46.7. The molecule has 0 atom stereocenters. The molecule has 0 spiro atoms. The molecule has 7 nitrogen and oxygen atoms in total. The lowest BCUT2D eigenvalue weighted by Crippen LogP contribution is -2.29. The summed E-state index contributed by atoms with van der Waals surface area (Å²) >= 11 is 0. The summed E-state index contributed by atoms with van der Waals surface area (Å²) in [6.07, 6.45) is 8.76. The standard InChI is InChI=1S/C23H26N2O.C23H26N2.C23H25N2/c1-24(2)21-14-10-19(11-15-21)23(26,18-8-6-5-7-9-18)20-12-16-22(17-13-20)25(3)4;2*1-24(2)21-14-10-19(11-15-21)23(18-8-6-5-7-9-18)20-12-16-22(17-13-20)25(3)4/h5-17,26H,1-4H3;5-17,23H,1-4H3;5-17H,1-4H3/q;;+1. The summed E-state index contributed by atoms with van der Waals surface area (Å²) < 4.78 is 2.12. The number of rotatable bonds is 13. The molecule has 0 fully saturated rings. The van der Waals surface area contributed by atoms with Crippen molar-refractivity contribution in [3.63, 3.8) is 0 Å². The predicted octanol–water partition coefficient (Wildman–Crippen LogP) is 13.5. The Hall–Kier alpha value is -8.39. The molecule has 0 amide bonds. The normalized spacial score (nSPS) is 11.7. The molecule has 9 rings (SSSR count). The molecule has 0 radical (unpaired) electrons. The SMILES string of the molecule is CN(C)c1ccc(C(=C2C=CC(=[N+](C)C)C=C2)c2ccccc2)cc1.CN(C)c1ccc(C(O)(c2ccccc2)c2ccc(N(C)C)cc2)cc1.CN(C)c1ccc(C(c2ccccc2)c2ccc(N(C)C)cc2)cc1. The van der Waals surface area contributed by atoms with E-state index in [4.69, 9.17) is 0 Å². The number of hydrogen-bond acceptors (Lipinski definition) is 6. The zero-order valence-electron chi connectivity index (χ0n) is 46.7. The van der Waals surface area contributed by atoms with Crippen molar-refractivity contribution < 1.29 is 9.68 Å². The molecule has 0 unspecified atom stereocenters. The molecular weight excluding hydrogens is 929 g/mol. The first-order chi connectivity index (χ1) is 36.5. The first kappa shape index (κ1) is 55.4. The van der Waals surface area contributed by atoms with Crippen LogP contribution in [-0.2, 0) is 5.60 Å². The lowest BCUT2D eigenvalue weighted by Gasteiger charge is -2.31. The van der Waals surface area contributed by atoms with E-state index in [9.17, 15) is 5.11 Å². The highest BCUT2D eigenvalue weighted by molar-refractivity contribution is 6.04. The molecule has 388 valence electrons. The minimum absolute atomic E-state index is 0.244. The first-order valence-electron chi connectivity index (χ1n) is 26.0. The number of benzene rings is 8. The average Bonchev–Trinajstić information content (AvgIpc) is 3.46. The van der Waals surface area contributed by atoms with Crippen LogP contribution in [0.25, 0.3) is 5.57 Å². The zero-order chi connectivity index (χ0) is 54.4. The van der Waals surface area contributed by atoms with Crippen LogP contribution in [0, 0.1) is 0 Å². The van der Waals surface area contributed by atoms with Crippen molar-refractivity contribution in [3.8, 4) is 0 Å². The van der Waals surface area contributed by atoms with Gasteiger partial charge in [-0.05, 0) is 128 Å². The second-order valence-corrected chi connectivity index (χ2v) is 20.4. The van der Waals surface area contributed by atoms with Gasteiger partial charge in [0, 0.05) is 117 Å². The highest BCUT2D eigenvalue weighted by Gasteiger charge is 2.34. The van der Waals surface area contributed by atoms with E-state index >= 15 is 0 Å². The van der Waals surface area contributed by atoms with Crippen LogP contribution in [0.15, 0.2) is 242 Å². The van der Waals surface area contributed by atoms with Gasteiger partial charge in [0.25, 0.3) is 0 Å². The number of aliphatic hydroxyl groups is 1. The molecule has 8 aromatic carbocycles. The van der Waals surface area contributed by atoms with E-state index in [2.05, 4.69) is 243 Å². The molecule has 1 aliphatic carbocycles.